The molecular formula is C11H21N. The summed E-state index contributed by atoms with van der Waals surface area (Å²) in [6, 6.07) is 8.35. The summed E-state index contributed by atoms with van der Waals surface area (Å²) < 4.78 is 0. The maximum atomic E-state index is 5.43. The standard InChI is InChI=1S/C9H13N.C2H6.H2/c1-8-4-2-3-5-9(8)6-7-10;1-2;/h2-5H,6-7,10H2,1H3;1-2H3;1H. The van der Waals surface area contributed by atoms with Crippen molar-refractivity contribution in [2.75, 3.05) is 6.54 Å². The molecule has 0 atom stereocenters. The van der Waals surface area contributed by atoms with Gasteiger partial charge in [0, 0.05) is 1.43 Å². The van der Waals surface area contributed by atoms with Gasteiger partial charge in [0.25, 0.3) is 0 Å². The molecule has 0 amide bonds. The van der Waals surface area contributed by atoms with Crippen molar-refractivity contribution in [3.63, 3.8) is 0 Å². The highest BCUT2D eigenvalue weighted by Gasteiger charge is 1.92. The van der Waals surface area contributed by atoms with Gasteiger partial charge in [0.1, 0.15) is 0 Å². The van der Waals surface area contributed by atoms with E-state index < -0.39 is 0 Å². The Kier molecular flexibility index (Phi) is 6.39. The Hall–Kier alpha value is -0.820. The van der Waals surface area contributed by atoms with Gasteiger partial charge in [-0.2, -0.15) is 0 Å². The second-order valence-electron chi connectivity index (χ2n) is 2.47. The smallest absolute Gasteiger partial charge is 0 e. The van der Waals surface area contributed by atoms with Crippen molar-refractivity contribution in [1.82, 2.24) is 0 Å². The van der Waals surface area contributed by atoms with Crippen LogP contribution in [0.4, 0.5) is 0 Å². The second kappa shape index (κ2) is 6.86. The quantitative estimate of drug-likeness (QED) is 0.720. The minimum Gasteiger partial charge on any atom is -0.330 e. The molecule has 12 heavy (non-hydrogen) atoms. The molecule has 1 nitrogen and oxygen atoms in total. The van der Waals surface area contributed by atoms with Crippen LogP contribution >= 0.6 is 0 Å². The molecule has 1 aromatic carbocycles. The Morgan fingerprint density at radius 3 is 2.33 bits per heavy atom. The van der Waals surface area contributed by atoms with Crippen LogP contribution in [-0.4, -0.2) is 6.54 Å². The average molecular weight is 167 g/mol. The number of hydrogen-bond donors (Lipinski definition) is 1. The van der Waals surface area contributed by atoms with E-state index in [1.165, 1.54) is 11.1 Å². The molecule has 1 aromatic rings. The van der Waals surface area contributed by atoms with Crippen LogP contribution in [0.1, 0.15) is 26.4 Å². The van der Waals surface area contributed by atoms with E-state index in [0.29, 0.717) is 0 Å². The first-order valence-electron chi connectivity index (χ1n) is 4.59. The molecule has 1 heteroatoms. The van der Waals surface area contributed by atoms with E-state index in [2.05, 4.69) is 31.2 Å². The van der Waals surface area contributed by atoms with Crippen LogP contribution in [0.2, 0.25) is 0 Å². The highest BCUT2D eigenvalue weighted by Crippen LogP contribution is 2.05. The molecule has 0 aromatic heterocycles. The fourth-order valence-corrected chi connectivity index (χ4v) is 1.05. The lowest BCUT2D eigenvalue weighted by Gasteiger charge is -2.01. The van der Waals surface area contributed by atoms with Crippen LogP contribution in [0.25, 0.3) is 0 Å². The van der Waals surface area contributed by atoms with Crippen LogP contribution in [-0.2, 0) is 6.42 Å². The molecule has 0 radical (unpaired) electrons. The van der Waals surface area contributed by atoms with Crippen LogP contribution < -0.4 is 5.73 Å². The van der Waals surface area contributed by atoms with Gasteiger partial charge >= 0.3 is 0 Å². The van der Waals surface area contributed by atoms with E-state index in [0.717, 1.165) is 13.0 Å². The van der Waals surface area contributed by atoms with Crippen molar-refractivity contribution in [1.29, 1.82) is 0 Å². The van der Waals surface area contributed by atoms with Crippen molar-refractivity contribution >= 4 is 0 Å². The molecule has 0 fully saturated rings. The summed E-state index contributed by atoms with van der Waals surface area (Å²) in [6.45, 7) is 6.86. The summed E-state index contributed by atoms with van der Waals surface area (Å²) in [5, 5.41) is 0. The predicted octanol–water partition coefficient (Wildman–Crippen LogP) is 2.77. The summed E-state index contributed by atoms with van der Waals surface area (Å²) in [6.07, 6.45) is 0.993. The molecular weight excluding hydrogens is 146 g/mol. The van der Waals surface area contributed by atoms with Gasteiger partial charge in [-0.1, -0.05) is 38.1 Å². The number of rotatable bonds is 2. The lowest BCUT2D eigenvalue weighted by atomic mass is 10.1. The van der Waals surface area contributed by atoms with Gasteiger partial charge in [-0.05, 0) is 31.0 Å². The Morgan fingerprint density at radius 1 is 1.25 bits per heavy atom. The van der Waals surface area contributed by atoms with Gasteiger partial charge in [-0.15, -0.1) is 0 Å². The average Bonchev–Trinajstić information content (AvgIpc) is 2.13. The Balaban J connectivity index is 0. The molecule has 0 saturated heterocycles. The fourth-order valence-electron chi connectivity index (χ4n) is 1.05. The van der Waals surface area contributed by atoms with Crippen molar-refractivity contribution in [3.8, 4) is 0 Å². The molecule has 0 aliphatic heterocycles. The monoisotopic (exact) mass is 167 g/mol. The zero-order valence-electron chi connectivity index (χ0n) is 8.30. The summed E-state index contributed by atoms with van der Waals surface area (Å²) >= 11 is 0. The molecule has 0 bridgehead atoms. The number of hydrogen-bond acceptors (Lipinski definition) is 1. The van der Waals surface area contributed by atoms with Gasteiger partial charge in [0.2, 0.25) is 0 Å². The zero-order chi connectivity index (χ0) is 9.40. The summed E-state index contributed by atoms with van der Waals surface area (Å²) in [7, 11) is 0. The van der Waals surface area contributed by atoms with E-state index in [4.69, 9.17) is 5.73 Å². The third kappa shape index (κ3) is 3.54. The first kappa shape index (κ1) is 11.2. The fraction of sp³-hybridized carbons (Fsp3) is 0.455. The topological polar surface area (TPSA) is 26.0 Å². The molecule has 70 valence electrons. The highest BCUT2D eigenvalue weighted by molar-refractivity contribution is 5.25. The molecule has 0 aliphatic rings. The van der Waals surface area contributed by atoms with Gasteiger partial charge in [0.15, 0.2) is 0 Å². The van der Waals surface area contributed by atoms with E-state index in [1.807, 2.05) is 13.8 Å². The van der Waals surface area contributed by atoms with E-state index in [-0.39, 0.29) is 1.43 Å². The predicted molar refractivity (Wildman–Crippen MR) is 57.4 cm³/mol. The number of nitrogens with two attached hydrogens (primary N) is 1. The Morgan fingerprint density at radius 2 is 1.83 bits per heavy atom. The lowest BCUT2D eigenvalue weighted by molar-refractivity contribution is 0.958. The van der Waals surface area contributed by atoms with Crippen LogP contribution in [0.3, 0.4) is 0 Å². The highest BCUT2D eigenvalue weighted by atomic mass is 14.5. The number of benzene rings is 1. The molecule has 0 spiro atoms. The Bertz CT molecular complexity index is 211. The largest absolute Gasteiger partial charge is 0.330 e. The zero-order valence-corrected chi connectivity index (χ0v) is 8.30. The molecule has 0 saturated carbocycles. The third-order valence-electron chi connectivity index (χ3n) is 1.67. The van der Waals surface area contributed by atoms with E-state index in [9.17, 15) is 0 Å². The minimum absolute atomic E-state index is 0. The van der Waals surface area contributed by atoms with Crippen LogP contribution in [0, 0.1) is 6.92 Å². The molecule has 0 unspecified atom stereocenters. The second-order valence-corrected chi connectivity index (χ2v) is 2.47. The van der Waals surface area contributed by atoms with Crippen LogP contribution in [0.15, 0.2) is 24.3 Å². The first-order chi connectivity index (χ1) is 5.84. The van der Waals surface area contributed by atoms with E-state index in [1.54, 1.807) is 0 Å². The molecule has 0 heterocycles. The molecule has 2 N–H and O–H groups in total. The molecule has 1 rings (SSSR count). The third-order valence-corrected chi connectivity index (χ3v) is 1.67. The normalized spacial score (nSPS) is 8.67. The van der Waals surface area contributed by atoms with Gasteiger partial charge in [0.05, 0.1) is 0 Å². The summed E-state index contributed by atoms with van der Waals surface area (Å²) in [5.74, 6) is 0. The van der Waals surface area contributed by atoms with Crippen molar-refractivity contribution in [2.24, 2.45) is 5.73 Å². The van der Waals surface area contributed by atoms with Crippen LogP contribution in [0.5, 0.6) is 0 Å². The van der Waals surface area contributed by atoms with Gasteiger partial charge < -0.3 is 5.73 Å². The lowest BCUT2D eigenvalue weighted by Crippen LogP contribution is -2.03. The van der Waals surface area contributed by atoms with Crippen molar-refractivity contribution < 1.29 is 1.43 Å². The molecule has 0 aliphatic carbocycles. The van der Waals surface area contributed by atoms with E-state index >= 15 is 0 Å². The van der Waals surface area contributed by atoms with Gasteiger partial charge in [-0.3, -0.25) is 0 Å². The Labute approximate surface area is 77.1 Å². The first-order valence-corrected chi connectivity index (χ1v) is 4.59. The van der Waals surface area contributed by atoms with Crippen molar-refractivity contribution in [2.45, 2.75) is 27.2 Å². The minimum atomic E-state index is 0. The number of aryl methyl sites for hydroxylation is 1. The SMILES string of the molecule is CC.Cc1ccccc1CCN.[HH]. The summed E-state index contributed by atoms with van der Waals surface area (Å²) in [4.78, 5) is 0. The maximum Gasteiger partial charge on any atom is 0 e. The maximum absolute atomic E-state index is 5.43. The van der Waals surface area contributed by atoms with Crippen molar-refractivity contribution in [3.05, 3.63) is 35.4 Å². The summed E-state index contributed by atoms with van der Waals surface area (Å²) in [5.41, 5.74) is 8.14. The van der Waals surface area contributed by atoms with Gasteiger partial charge in [-0.25, -0.2) is 0 Å².